The summed E-state index contributed by atoms with van der Waals surface area (Å²) in [7, 11) is 1.54. The number of rotatable bonds is 6. The average molecular weight is 349 g/mol. The predicted octanol–water partition coefficient (Wildman–Crippen LogP) is 1.77. The van der Waals surface area contributed by atoms with Crippen molar-refractivity contribution in [1.82, 2.24) is 4.90 Å². The lowest BCUT2D eigenvalue weighted by Crippen LogP contribution is -2.46. The number of benzene rings is 2. The molecular weight excluding hydrogens is 334 g/mol. The Kier molecular flexibility index (Phi) is 4.73. The van der Waals surface area contributed by atoms with Gasteiger partial charge in [-0.25, -0.2) is 0 Å². The third kappa shape index (κ3) is 3.03. The summed E-state index contributed by atoms with van der Waals surface area (Å²) in [5.41, 5.74) is 9.95. The van der Waals surface area contributed by atoms with Gasteiger partial charge in [-0.2, -0.15) is 4.79 Å². The first-order valence-electron chi connectivity index (χ1n) is 7.88. The molecule has 0 N–H and O–H groups in total. The Labute approximate surface area is 149 Å². The van der Waals surface area contributed by atoms with Gasteiger partial charge in [0, 0.05) is 6.42 Å². The molecule has 0 aromatic heterocycles. The van der Waals surface area contributed by atoms with Crippen LogP contribution in [0.5, 0.6) is 5.75 Å². The van der Waals surface area contributed by atoms with Crippen LogP contribution in [0.2, 0.25) is 0 Å². The number of ketones is 1. The number of imide groups is 1. The summed E-state index contributed by atoms with van der Waals surface area (Å²) in [6, 6.07) is 12.2. The highest BCUT2D eigenvalue weighted by atomic mass is 16.5. The normalized spacial score (nSPS) is 13.8. The van der Waals surface area contributed by atoms with Crippen molar-refractivity contribution in [3.63, 3.8) is 0 Å². The summed E-state index contributed by atoms with van der Waals surface area (Å²) in [5.74, 6) is -1.07. The Balaban J connectivity index is 1.96. The fourth-order valence-electron chi connectivity index (χ4n) is 2.94. The molecule has 0 saturated carbocycles. The highest BCUT2D eigenvalue weighted by Crippen LogP contribution is 2.26. The molecule has 0 aliphatic carbocycles. The lowest BCUT2D eigenvalue weighted by molar-refractivity contribution is -0.119. The largest absolute Gasteiger partial charge is 0.497 e. The number of Topliss-reactive ketones (excluding diaryl/α,β-unsaturated/α-hetero) is 1. The van der Waals surface area contributed by atoms with Gasteiger partial charge in [-0.15, -0.1) is 0 Å². The molecule has 0 radical (unpaired) electrons. The van der Waals surface area contributed by atoms with E-state index in [1.807, 2.05) is 0 Å². The fourth-order valence-corrected chi connectivity index (χ4v) is 2.94. The van der Waals surface area contributed by atoms with Crippen LogP contribution in [0, 0.1) is 0 Å². The van der Waals surface area contributed by atoms with E-state index in [2.05, 4.69) is 4.79 Å². The van der Waals surface area contributed by atoms with Crippen LogP contribution < -0.4 is 4.74 Å². The molecule has 0 spiro atoms. The first-order chi connectivity index (χ1) is 12.6. The maximum atomic E-state index is 12.7. The van der Waals surface area contributed by atoms with E-state index < -0.39 is 23.6 Å². The van der Waals surface area contributed by atoms with Gasteiger partial charge in [0.1, 0.15) is 11.8 Å². The minimum absolute atomic E-state index is 0.0975. The zero-order chi connectivity index (χ0) is 18.7. The van der Waals surface area contributed by atoms with Crippen LogP contribution in [-0.4, -0.2) is 46.7 Å². The van der Waals surface area contributed by atoms with Gasteiger partial charge in [0.25, 0.3) is 17.6 Å². The molecule has 0 bridgehead atoms. The summed E-state index contributed by atoms with van der Waals surface area (Å²) < 4.78 is 5.10. The molecule has 1 heterocycles. The zero-order valence-corrected chi connectivity index (χ0v) is 14.0. The molecule has 130 valence electrons. The highest BCUT2D eigenvalue weighted by molar-refractivity contribution is 6.31. The molecule has 7 heteroatoms. The van der Waals surface area contributed by atoms with E-state index in [0.717, 1.165) is 10.5 Å². The number of hydrogen-bond acceptors (Lipinski definition) is 4. The third-order valence-corrected chi connectivity index (χ3v) is 4.24. The Bertz CT molecular complexity index is 895. The zero-order valence-electron chi connectivity index (χ0n) is 14.0. The number of carbonyl (C=O) groups excluding carboxylic acids is 3. The topological polar surface area (TPSA) is 100 Å². The highest BCUT2D eigenvalue weighted by Gasteiger charge is 2.43. The van der Waals surface area contributed by atoms with E-state index in [1.54, 1.807) is 48.5 Å². The van der Waals surface area contributed by atoms with Gasteiger partial charge in [0.2, 0.25) is 0 Å². The van der Waals surface area contributed by atoms with E-state index in [-0.39, 0.29) is 17.5 Å². The molecule has 0 unspecified atom stereocenters. The number of hydrogen-bond donors (Lipinski definition) is 0. The molecule has 1 aliphatic heterocycles. The van der Waals surface area contributed by atoms with Crippen LogP contribution in [0.4, 0.5) is 0 Å². The van der Waals surface area contributed by atoms with Gasteiger partial charge in [0.05, 0.1) is 18.2 Å². The summed E-state index contributed by atoms with van der Waals surface area (Å²) in [5, 5.41) is 0. The van der Waals surface area contributed by atoms with Crippen molar-refractivity contribution in [2.75, 3.05) is 7.11 Å². The molecular formula is C19H15N3O4. The average Bonchev–Trinajstić information content (AvgIpc) is 2.92. The monoisotopic (exact) mass is 349 g/mol. The molecule has 26 heavy (non-hydrogen) atoms. The first-order valence-corrected chi connectivity index (χ1v) is 7.88. The van der Waals surface area contributed by atoms with Crippen LogP contribution in [0.3, 0.4) is 0 Å². The van der Waals surface area contributed by atoms with Crippen LogP contribution in [-0.2, 0) is 11.2 Å². The lowest BCUT2D eigenvalue weighted by atomic mass is 10.0. The number of carbonyl (C=O) groups is 3. The van der Waals surface area contributed by atoms with E-state index in [4.69, 9.17) is 10.3 Å². The smallest absolute Gasteiger partial charge is 0.325 e. The van der Waals surface area contributed by atoms with E-state index in [9.17, 15) is 14.4 Å². The fraction of sp³-hybridized carbons (Fsp3) is 0.158. The standard InChI is InChI=1S/C19H15N3O4/c1-26-13-8-6-12(7-9-13)10-16(17(23)11-21-20)22-18(24)14-4-2-3-5-15(14)19(22)25/h2-9,11,16H,10H2,1H3/t16-/m0/s1. The Hall–Kier alpha value is -3.57. The third-order valence-electron chi connectivity index (χ3n) is 4.24. The Morgan fingerprint density at radius 3 is 2.19 bits per heavy atom. The van der Waals surface area contributed by atoms with Crippen molar-refractivity contribution >= 4 is 23.8 Å². The number of amides is 2. The van der Waals surface area contributed by atoms with Gasteiger partial charge in [-0.1, -0.05) is 24.3 Å². The van der Waals surface area contributed by atoms with E-state index in [0.29, 0.717) is 12.0 Å². The van der Waals surface area contributed by atoms with Gasteiger partial charge >= 0.3 is 6.21 Å². The summed E-state index contributed by atoms with van der Waals surface area (Å²) in [4.78, 5) is 41.4. The molecule has 1 aliphatic rings. The Morgan fingerprint density at radius 2 is 1.69 bits per heavy atom. The van der Waals surface area contributed by atoms with Crippen molar-refractivity contribution in [3.8, 4) is 5.75 Å². The molecule has 2 amide bonds. The quantitative estimate of drug-likeness (QED) is 0.343. The van der Waals surface area contributed by atoms with Crippen molar-refractivity contribution in [2.45, 2.75) is 12.5 Å². The number of methoxy groups -OCH3 is 1. The molecule has 0 fully saturated rings. The molecule has 2 aromatic carbocycles. The van der Waals surface area contributed by atoms with E-state index >= 15 is 0 Å². The Morgan fingerprint density at radius 1 is 1.12 bits per heavy atom. The maximum absolute atomic E-state index is 12.7. The molecule has 2 aromatic rings. The van der Waals surface area contributed by atoms with E-state index in [1.165, 1.54) is 7.11 Å². The summed E-state index contributed by atoms with van der Waals surface area (Å²) >= 11 is 0. The molecule has 3 rings (SSSR count). The molecule has 7 nitrogen and oxygen atoms in total. The second kappa shape index (κ2) is 7.13. The molecule has 1 atom stereocenters. The second-order valence-corrected chi connectivity index (χ2v) is 5.74. The summed E-state index contributed by atoms with van der Waals surface area (Å²) in [6.45, 7) is 0. The van der Waals surface area contributed by atoms with Crippen LogP contribution in [0.15, 0.2) is 48.5 Å². The summed E-state index contributed by atoms with van der Waals surface area (Å²) in [6.07, 6.45) is 0.804. The van der Waals surface area contributed by atoms with Crippen LogP contribution in [0.1, 0.15) is 26.3 Å². The second-order valence-electron chi connectivity index (χ2n) is 5.74. The minimum atomic E-state index is -1.10. The van der Waals surface area contributed by atoms with Crippen molar-refractivity contribution in [2.24, 2.45) is 0 Å². The molecule has 0 saturated heterocycles. The van der Waals surface area contributed by atoms with Gasteiger partial charge in [-0.05, 0) is 29.8 Å². The van der Waals surface area contributed by atoms with Crippen LogP contribution >= 0.6 is 0 Å². The number of fused-ring (bicyclic) bond motifs is 1. The van der Waals surface area contributed by atoms with Crippen molar-refractivity contribution in [3.05, 3.63) is 70.8 Å². The minimum Gasteiger partial charge on any atom is -0.497 e. The van der Waals surface area contributed by atoms with Crippen LogP contribution in [0.25, 0.3) is 5.53 Å². The maximum Gasteiger partial charge on any atom is 0.325 e. The van der Waals surface area contributed by atoms with Crippen molar-refractivity contribution < 1.29 is 23.9 Å². The van der Waals surface area contributed by atoms with Gasteiger partial charge in [-0.3, -0.25) is 19.3 Å². The first kappa shape index (κ1) is 17.3. The van der Waals surface area contributed by atoms with Crippen molar-refractivity contribution in [1.29, 1.82) is 0 Å². The SMILES string of the molecule is COc1ccc(C[C@@H](C(=O)C=[N+]=[N-])N2C(=O)c3ccccc3C2=O)cc1. The number of nitrogens with zero attached hydrogens (tertiary/aromatic N) is 3. The number of ether oxygens (including phenoxy) is 1. The van der Waals surface area contributed by atoms with Gasteiger partial charge in [0.15, 0.2) is 0 Å². The van der Waals surface area contributed by atoms with Gasteiger partial charge < -0.3 is 10.3 Å². The predicted molar refractivity (Wildman–Crippen MR) is 92.1 cm³/mol. The lowest BCUT2D eigenvalue weighted by Gasteiger charge is -2.23.